The number of nitrogens with zero attached hydrogens (tertiary/aromatic N) is 3. The molecule has 0 aliphatic carbocycles. The lowest BCUT2D eigenvalue weighted by molar-refractivity contribution is -0.186. The second-order valence-corrected chi connectivity index (χ2v) is 5.93. The Hall–Kier alpha value is -1.79. The van der Waals surface area contributed by atoms with Gasteiger partial charge in [0.05, 0.1) is 5.52 Å². The lowest BCUT2D eigenvalue weighted by Crippen LogP contribution is -2.39. The Labute approximate surface area is 129 Å². The van der Waals surface area contributed by atoms with Crippen molar-refractivity contribution in [3.05, 3.63) is 24.3 Å². The van der Waals surface area contributed by atoms with Crippen molar-refractivity contribution in [3.63, 3.8) is 0 Å². The molecule has 0 radical (unpaired) electrons. The first-order valence-electron chi connectivity index (χ1n) is 7.78. The van der Waals surface area contributed by atoms with Gasteiger partial charge in [0.15, 0.2) is 6.29 Å². The minimum Gasteiger partial charge on any atom is -0.353 e. The Balaban J connectivity index is 1.82. The van der Waals surface area contributed by atoms with Gasteiger partial charge in [-0.2, -0.15) is 4.68 Å². The summed E-state index contributed by atoms with van der Waals surface area (Å²) in [6.07, 6.45) is 2.05. The highest BCUT2D eigenvalue weighted by molar-refractivity contribution is 5.91. The monoisotopic (exact) mass is 303 g/mol. The van der Waals surface area contributed by atoms with Crippen molar-refractivity contribution in [3.8, 4) is 0 Å². The lowest BCUT2D eigenvalue weighted by Gasteiger charge is -2.28. The van der Waals surface area contributed by atoms with Crippen molar-refractivity contribution < 1.29 is 14.3 Å². The molecule has 1 saturated heterocycles. The predicted octanol–water partition coefficient (Wildman–Crippen LogP) is 2.64. The number of benzene rings is 1. The third-order valence-corrected chi connectivity index (χ3v) is 3.85. The Morgan fingerprint density at radius 1 is 1.36 bits per heavy atom. The van der Waals surface area contributed by atoms with Crippen LogP contribution in [0.2, 0.25) is 0 Å². The van der Waals surface area contributed by atoms with Gasteiger partial charge in [0.2, 0.25) is 0 Å². The topological polar surface area (TPSA) is 66.2 Å². The number of aromatic nitrogens is 3. The van der Waals surface area contributed by atoms with E-state index in [1.807, 2.05) is 38.1 Å². The summed E-state index contributed by atoms with van der Waals surface area (Å²) in [5.74, 6) is -0.168. The molecule has 0 bridgehead atoms. The van der Waals surface area contributed by atoms with Gasteiger partial charge in [-0.05, 0) is 37.3 Å². The van der Waals surface area contributed by atoms with E-state index in [-0.39, 0.29) is 18.1 Å². The summed E-state index contributed by atoms with van der Waals surface area (Å²) in [7, 11) is 0. The highest BCUT2D eigenvalue weighted by Crippen LogP contribution is 2.21. The number of ether oxygens (including phenoxy) is 2. The van der Waals surface area contributed by atoms with Crippen molar-refractivity contribution in [2.45, 2.75) is 45.5 Å². The molecule has 1 aromatic carbocycles. The van der Waals surface area contributed by atoms with Crippen molar-refractivity contribution in [2.75, 3.05) is 6.61 Å². The molecular formula is C16H21N3O3. The van der Waals surface area contributed by atoms with Crippen molar-refractivity contribution in [1.82, 2.24) is 15.0 Å². The standard InChI is InChI=1S/C16H21N3O3/c1-11(2)15(22-14-9-5-6-10-21-14)16(20)19-13-8-4-3-7-12(13)17-18-19/h3-4,7-8,11,14-15H,5-6,9-10H2,1-2H3/t14?,15-/m0/s1. The molecule has 2 aromatic rings. The summed E-state index contributed by atoms with van der Waals surface area (Å²) in [5, 5.41) is 8.02. The van der Waals surface area contributed by atoms with Gasteiger partial charge in [-0.15, -0.1) is 5.10 Å². The zero-order valence-electron chi connectivity index (χ0n) is 12.9. The highest BCUT2D eigenvalue weighted by Gasteiger charge is 2.30. The normalized spacial score (nSPS) is 20.4. The molecule has 3 rings (SSSR count). The number of rotatable bonds is 4. The Kier molecular flexibility index (Phi) is 4.49. The van der Waals surface area contributed by atoms with Crippen LogP contribution in [-0.4, -0.2) is 39.9 Å². The van der Waals surface area contributed by atoms with Gasteiger partial charge in [0, 0.05) is 6.61 Å². The van der Waals surface area contributed by atoms with Crippen molar-refractivity contribution in [2.24, 2.45) is 5.92 Å². The van der Waals surface area contributed by atoms with E-state index in [1.54, 1.807) is 0 Å². The number of hydrogen-bond donors (Lipinski definition) is 0. The predicted molar refractivity (Wildman–Crippen MR) is 81.5 cm³/mol. The SMILES string of the molecule is CC(C)[C@H](OC1CCCCO1)C(=O)n1nnc2ccccc21. The Bertz CT molecular complexity index is 647. The summed E-state index contributed by atoms with van der Waals surface area (Å²) < 4.78 is 12.9. The fraction of sp³-hybridized carbons (Fsp3) is 0.562. The van der Waals surface area contributed by atoms with Crippen LogP contribution in [0, 0.1) is 5.92 Å². The molecule has 1 fully saturated rings. The molecule has 0 N–H and O–H groups in total. The maximum atomic E-state index is 12.8. The molecule has 22 heavy (non-hydrogen) atoms. The van der Waals surface area contributed by atoms with E-state index in [0.717, 1.165) is 19.3 Å². The van der Waals surface area contributed by atoms with Crippen molar-refractivity contribution in [1.29, 1.82) is 0 Å². The number of para-hydroxylation sites is 1. The molecule has 0 amide bonds. The minimum absolute atomic E-state index is 0.0287. The van der Waals surface area contributed by atoms with E-state index in [0.29, 0.717) is 17.6 Å². The molecule has 1 aromatic heterocycles. The van der Waals surface area contributed by atoms with Gasteiger partial charge in [0.1, 0.15) is 11.6 Å². The summed E-state index contributed by atoms with van der Waals surface area (Å²) in [6.45, 7) is 4.62. The fourth-order valence-electron chi connectivity index (χ4n) is 2.63. The molecule has 2 heterocycles. The second-order valence-electron chi connectivity index (χ2n) is 5.93. The highest BCUT2D eigenvalue weighted by atomic mass is 16.7. The van der Waals surface area contributed by atoms with Gasteiger partial charge in [-0.1, -0.05) is 31.2 Å². The number of carbonyl (C=O) groups excluding carboxylic acids is 1. The van der Waals surface area contributed by atoms with E-state index in [9.17, 15) is 4.79 Å². The fourth-order valence-corrected chi connectivity index (χ4v) is 2.63. The van der Waals surface area contributed by atoms with Crippen LogP contribution in [0.5, 0.6) is 0 Å². The largest absolute Gasteiger partial charge is 0.353 e. The summed E-state index contributed by atoms with van der Waals surface area (Å²) >= 11 is 0. The Morgan fingerprint density at radius 3 is 2.91 bits per heavy atom. The molecule has 1 aliphatic heterocycles. The van der Waals surface area contributed by atoms with Crippen LogP contribution in [0.4, 0.5) is 0 Å². The van der Waals surface area contributed by atoms with Crippen LogP contribution in [0.15, 0.2) is 24.3 Å². The van der Waals surface area contributed by atoms with Gasteiger partial charge in [-0.3, -0.25) is 4.79 Å². The van der Waals surface area contributed by atoms with Crippen molar-refractivity contribution >= 4 is 16.9 Å². The van der Waals surface area contributed by atoms with E-state index < -0.39 is 6.10 Å². The van der Waals surface area contributed by atoms with Gasteiger partial charge in [0.25, 0.3) is 5.91 Å². The van der Waals surface area contributed by atoms with Crippen LogP contribution in [0.1, 0.15) is 37.9 Å². The first-order chi connectivity index (χ1) is 10.7. The first-order valence-corrected chi connectivity index (χ1v) is 7.78. The van der Waals surface area contributed by atoms with Crippen LogP contribution in [-0.2, 0) is 9.47 Å². The first kappa shape index (κ1) is 15.1. The quantitative estimate of drug-likeness (QED) is 0.868. The van der Waals surface area contributed by atoms with E-state index >= 15 is 0 Å². The molecule has 1 unspecified atom stereocenters. The lowest BCUT2D eigenvalue weighted by atomic mass is 10.1. The molecule has 2 atom stereocenters. The summed E-state index contributed by atoms with van der Waals surface area (Å²) in [4.78, 5) is 12.8. The number of hydrogen-bond acceptors (Lipinski definition) is 5. The average molecular weight is 303 g/mol. The van der Waals surface area contributed by atoms with E-state index in [2.05, 4.69) is 10.3 Å². The van der Waals surface area contributed by atoms with Crippen LogP contribution in [0.3, 0.4) is 0 Å². The number of carbonyl (C=O) groups is 1. The molecule has 6 heteroatoms. The van der Waals surface area contributed by atoms with Crippen LogP contribution >= 0.6 is 0 Å². The molecule has 1 aliphatic rings. The van der Waals surface area contributed by atoms with Gasteiger partial charge in [-0.25, -0.2) is 0 Å². The van der Waals surface area contributed by atoms with Gasteiger partial charge < -0.3 is 9.47 Å². The van der Waals surface area contributed by atoms with E-state index in [1.165, 1.54) is 4.68 Å². The van der Waals surface area contributed by atoms with E-state index in [4.69, 9.17) is 9.47 Å². The molecule has 118 valence electrons. The van der Waals surface area contributed by atoms with Gasteiger partial charge >= 0.3 is 0 Å². The second kappa shape index (κ2) is 6.54. The minimum atomic E-state index is -0.590. The third-order valence-electron chi connectivity index (χ3n) is 3.85. The average Bonchev–Trinajstić information content (AvgIpc) is 2.97. The van der Waals surface area contributed by atoms with Crippen LogP contribution < -0.4 is 0 Å². The zero-order valence-corrected chi connectivity index (χ0v) is 12.9. The summed E-state index contributed by atoms with van der Waals surface area (Å²) in [5.41, 5.74) is 1.40. The molecular weight excluding hydrogens is 282 g/mol. The molecule has 0 spiro atoms. The number of fused-ring (bicyclic) bond motifs is 1. The summed E-state index contributed by atoms with van der Waals surface area (Å²) in [6, 6.07) is 7.41. The maximum Gasteiger partial charge on any atom is 0.278 e. The maximum absolute atomic E-state index is 12.8. The Morgan fingerprint density at radius 2 is 2.18 bits per heavy atom. The third kappa shape index (κ3) is 3.03. The smallest absolute Gasteiger partial charge is 0.278 e. The molecule has 6 nitrogen and oxygen atoms in total. The van der Waals surface area contributed by atoms with Crippen LogP contribution in [0.25, 0.3) is 11.0 Å². The zero-order chi connectivity index (χ0) is 15.5. The molecule has 0 saturated carbocycles.